The van der Waals surface area contributed by atoms with Crippen molar-refractivity contribution in [1.29, 1.82) is 0 Å². The van der Waals surface area contributed by atoms with E-state index >= 15 is 0 Å². The van der Waals surface area contributed by atoms with Crippen LogP contribution in [0.5, 0.6) is 5.75 Å². The van der Waals surface area contributed by atoms with Crippen LogP contribution >= 0.6 is 0 Å². The molecule has 0 radical (unpaired) electrons. The van der Waals surface area contributed by atoms with Crippen molar-refractivity contribution in [1.82, 2.24) is 10.2 Å². The smallest absolute Gasteiger partial charge is 0.318 e. The van der Waals surface area contributed by atoms with Gasteiger partial charge in [-0.15, -0.1) is 0 Å². The lowest BCUT2D eigenvalue weighted by atomic mass is 10.1. The number of hydrogen-bond donors (Lipinski definition) is 4. The highest BCUT2D eigenvalue weighted by molar-refractivity contribution is 5.89. The van der Waals surface area contributed by atoms with Gasteiger partial charge in [-0.2, -0.15) is 0 Å². The number of anilines is 1. The third kappa shape index (κ3) is 6.00. The number of nitrogens with one attached hydrogen (secondary N) is 1. The molecule has 0 unspecified atom stereocenters. The van der Waals surface area contributed by atoms with Crippen LogP contribution < -0.4 is 10.2 Å². The molecule has 1 heterocycles. The van der Waals surface area contributed by atoms with E-state index in [0.29, 0.717) is 26.2 Å². The SMILES string of the molecule is C[C@H](O)[C@@H](NC(=O)N1CCN(c2ccc(C#Cc3ccc(O)cc3)cc2)CC1)C(=O)CO. The normalized spacial score (nSPS) is 15.3. The maximum Gasteiger partial charge on any atom is 0.318 e. The van der Waals surface area contributed by atoms with Crippen LogP contribution in [0.15, 0.2) is 48.5 Å². The van der Waals surface area contributed by atoms with Crippen LogP contribution in [0, 0.1) is 11.8 Å². The number of phenolic OH excluding ortho intramolecular Hbond substituents is 1. The van der Waals surface area contributed by atoms with E-state index in [-0.39, 0.29) is 5.75 Å². The zero-order valence-electron chi connectivity index (χ0n) is 17.9. The number of Topliss-reactive ketones (excluding diaryl/α,β-unsaturated/α-hetero) is 1. The van der Waals surface area contributed by atoms with Gasteiger partial charge in [0.2, 0.25) is 0 Å². The lowest BCUT2D eigenvalue weighted by molar-refractivity contribution is -0.125. The number of piperazine rings is 1. The Bertz CT molecular complexity index is 985. The average molecular weight is 437 g/mol. The lowest BCUT2D eigenvalue weighted by Crippen LogP contribution is -2.57. The zero-order valence-corrected chi connectivity index (χ0v) is 17.9. The van der Waals surface area contributed by atoms with E-state index in [1.165, 1.54) is 6.92 Å². The van der Waals surface area contributed by atoms with E-state index in [1.807, 2.05) is 24.3 Å². The van der Waals surface area contributed by atoms with Gasteiger partial charge < -0.3 is 30.4 Å². The molecule has 1 aliphatic heterocycles. The predicted octanol–water partition coefficient (Wildman–Crippen LogP) is 0.934. The summed E-state index contributed by atoms with van der Waals surface area (Å²) in [4.78, 5) is 27.9. The Labute approximate surface area is 187 Å². The molecule has 3 rings (SSSR count). The van der Waals surface area contributed by atoms with Crippen LogP contribution in [0.2, 0.25) is 0 Å². The van der Waals surface area contributed by atoms with Crippen LogP contribution in [-0.2, 0) is 4.79 Å². The first-order valence-corrected chi connectivity index (χ1v) is 10.4. The molecule has 2 aromatic carbocycles. The second-order valence-corrected chi connectivity index (χ2v) is 7.61. The number of hydrogen-bond acceptors (Lipinski definition) is 6. The summed E-state index contributed by atoms with van der Waals surface area (Å²) >= 11 is 0. The summed E-state index contributed by atoms with van der Waals surface area (Å²) in [6.07, 6.45) is -1.09. The van der Waals surface area contributed by atoms with Crippen molar-refractivity contribution in [2.75, 3.05) is 37.7 Å². The second-order valence-electron chi connectivity index (χ2n) is 7.61. The Hall–Kier alpha value is -3.54. The molecule has 0 aliphatic carbocycles. The molecule has 0 aromatic heterocycles. The number of benzene rings is 2. The molecule has 0 saturated carbocycles. The third-order valence-electron chi connectivity index (χ3n) is 5.28. The lowest BCUT2D eigenvalue weighted by Gasteiger charge is -2.36. The molecular weight excluding hydrogens is 410 g/mol. The van der Waals surface area contributed by atoms with Gasteiger partial charge in [0.05, 0.1) is 6.10 Å². The van der Waals surface area contributed by atoms with E-state index in [2.05, 4.69) is 22.1 Å². The Balaban J connectivity index is 1.54. The molecule has 1 fully saturated rings. The first-order valence-electron chi connectivity index (χ1n) is 10.4. The Morgan fingerprint density at radius 2 is 1.50 bits per heavy atom. The van der Waals surface area contributed by atoms with Gasteiger partial charge in [0.1, 0.15) is 18.4 Å². The molecule has 2 amide bonds. The fraction of sp³-hybridized carbons (Fsp3) is 0.333. The van der Waals surface area contributed by atoms with Crippen molar-refractivity contribution in [3.63, 3.8) is 0 Å². The van der Waals surface area contributed by atoms with Gasteiger partial charge in [-0.25, -0.2) is 4.79 Å². The summed E-state index contributed by atoms with van der Waals surface area (Å²) < 4.78 is 0. The minimum Gasteiger partial charge on any atom is -0.508 e. The highest BCUT2D eigenvalue weighted by atomic mass is 16.3. The summed E-state index contributed by atoms with van der Waals surface area (Å²) in [6, 6.07) is 13.0. The Morgan fingerprint density at radius 3 is 2.00 bits per heavy atom. The fourth-order valence-corrected chi connectivity index (χ4v) is 3.41. The molecule has 0 spiro atoms. The number of ketones is 1. The zero-order chi connectivity index (χ0) is 23.1. The molecule has 0 bridgehead atoms. The molecule has 8 heteroatoms. The minimum absolute atomic E-state index is 0.207. The van der Waals surface area contributed by atoms with Gasteiger partial charge in [-0.3, -0.25) is 4.79 Å². The molecule has 168 valence electrons. The summed E-state index contributed by atoms with van der Waals surface area (Å²) in [5.41, 5.74) is 2.72. The molecule has 1 saturated heterocycles. The number of rotatable bonds is 5. The minimum atomic E-state index is -1.12. The van der Waals surface area contributed by atoms with Crippen LogP contribution in [-0.4, -0.2) is 77.0 Å². The molecule has 2 aromatic rings. The fourth-order valence-electron chi connectivity index (χ4n) is 3.41. The molecule has 8 nitrogen and oxygen atoms in total. The maximum absolute atomic E-state index is 12.5. The van der Waals surface area contributed by atoms with Crippen molar-refractivity contribution in [3.8, 4) is 17.6 Å². The summed E-state index contributed by atoms with van der Waals surface area (Å²) in [7, 11) is 0. The quantitative estimate of drug-likeness (QED) is 0.518. The van der Waals surface area contributed by atoms with Gasteiger partial charge in [0.15, 0.2) is 5.78 Å². The molecular formula is C24H27N3O5. The Kier molecular flexibility index (Phi) is 7.71. The first-order chi connectivity index (χ1) is 15.4. The average Bonchev–Trinajstić information content (AvgIpc) is 2.82. The van der Waals surface area contributed by atoms with Gasteiger partial charge >= 0.3 is 6.03 Å². The number of nitrogens with zero attached hydrogens (tertiary/aromatic N) is 2. The molecule has 4 N–H and O–H groups in total. The first kappa shape index (κ1) is 23.1. The van der Waals surface area contributed by atoms with Crippen LogP contribution in [0.4, 0.5) is 10.5 Å². The monoisotopic (exact) mass is 437 g/mol. The van der Waals surface area contributed by atoms with Crippen molar-refractivity contribution >= 4 is 17.5 Å². The van der Waals surface area contributed by atoms with Gasteiger partial charge in [-0.1, -0.05) is 11.8 Å². The number of phenols is 1. The van der Waals surface area contributed by atoms with Crippen molar-refractivity contribution in [2.45, 2.75) is 19.1 Å². The van der Waals surface area contributed by atoms with Crippen LogP contribution in [0.25, 0.3) is 0 Å². The number of aliphatic hydroxyl groups is 2. The number of aromatic hydroxyl groups is 1. The topological polar surface area (TPSA) is 113 Å². The number of urea groups is 1. The third-order valence-corrected chi connectivity index (χ3v) is 5.28. The van der Waals surface area contributed by atoms with E-state index < -0.39 is 30.6 Å². The van der Waals surface area contributed by atoms with Crippen molar-refractivity contribution < 1.29 is 24.9 Å². The van der Waals surface area contributed by atoms with E-state index in [1.54, 1.807) is 29.2 Å². The summed E-state index contributed by atoms with van der Waals surface area (Å²) in [5, 5.41) is 30.5. The summed E-state index contributed by atoms with van der Waals surface area (Å²) in [5.74, 6) is 5.74. The highest BCUT2D eigenvalue weighted by Gasteiger charge is 2.28. The Morgan fingerprint density at radius 1 is 0.969 bits per heavy atom. The van der Waals surface area contributed by atoms with Gasteiger partial charge in [-0.05, 0) is 55.5 Å². The van der Waals surface area contributed by atoms with E-state index in [0.717, 1.165) is 16.8 Å². The second kappa shape index (κ2) is 10.7. The van der Waals surface area contributed by atoms with Crippen molar-refractivity contribution in [2.24, 2.45) is 0 Å². The number of aliphatic hydroxyl groups excluding tert-OH is 2. The highest BCUT2D eigenvalue weighted by Crippen LogP contribution is 2.17. The van der Waals surface area contributed by atoms with E-state index in [4.69, 9.17) is 5.11 Å². The molecule has 1 aliphatic rings. The largest absolute Gasteiger partial charge is 0.508 e. The van der Waals surface area contributed by atoms with Crippen LogP contribution in [0.3, 0.4) is 0 Å². The maximum atomic E-state index is 12.5. The predicted molar refractivity (Wildman–Crippen MR) is 120 cm³/mol. The van der Waals surface area contributed by atoms with Crippen molar-refractivity contribution in [3.05, 3.63) is 59.7 Å². The van der Waals surface area contributed by atoms with Crippen LogP contribution in [0.1, 0.15) is 18.1 Å². The summed E-state index contributed by atoms with van der Waals surface area (Å²) in [6.45, 7) is 2.84. The standard InChI is InChI=1S/C24H27N3O5/c1-17(29)23(22(31)16-28)25-24(32)27-14-12-26(13-15-27)20-8-4-18(5-9-20)2-3-19-6-10-21(30)11-7-19/h4-11,17,23,28-30H,12-16H2,1H3,(H,25,32)/t17-,23+/m0/s1. The number of amides is 2. The van der Waals surface area contributed by atoms with Gasteiger partial charge in [0.25, 0.3) is 0 Å². The van der Waals surface area contributed by atoms with Gasteiger partial charge in [0, 0.05) is 43.0 Å². The van der Waals surface area contributed by atoms with E-state index in [9.17, 15) is 19.8 Å². The number of carbonyl (C=O) groups excluding carboxylic acids is 2. The molecule has 32 heavy (non-hydrogen) atoms. The number of carbonyl (C=O) groups is 2. The molecule has 2 atom stereocenters.